The van der Waals surface area contributed by atoms with Gasteiger partial charge in [-0.05, 0) is 6.92 Å². The normalized spacial score (nSPS) is 9.50. The lowest BCUT2D eigenvalue weighted by Gasteiger charge is -1.97. The standard InChI is InChI=1S/C8H8O4/c1-5-3-6(9)4-7(12-5)8(10)11-2/h3-4H,1-2H3. The quantitative estimate of drug-likeness (QED) is 0.580. The summed E-state index contributed by atoms with van der Waals surface area (Å²) in [5, 5.41) is 0. The van der Waals surface area contributed by atoms with E-state index >= 15 is 0 Å². The third kappa shape index (κ3) is 1.72. The largest absolute Gasteiger partial charge is 0.463 e. The summed E-state index contributed by atoms with van der Waals surface area (Å²) in [4.78, 5) is 21.7. The second-order valence-corrected chi connectivity index (χ2v) is 2.26. The molecule has 0 saturated heterocycles. The Labute approximate surface area is 68.8 Å². The van der Waals surface area contributed by atoms with Crippen LogP contribution >= 0.6 is 0 Å². The number of hydrogen-bond acceptors (Lipinski definition) is 4. The molecular formula is C8H8O4. The van der Waals surface area contributed by atoms with E-state index in [2.05, 4.69) is 4.74 Å². The number of methoxy groups -OCH3 is 1. The molecule has 0 atom stereocenters. The van der Waals surface area contributed by atoms with Crippen LogP contribution in [0.25, 0.3) is 0 Å². The molecule has 1 rings (SSSR count). The summed E-state index contributed by atoms with van der Waals surface area (Å²) < 4.78 is 9.31. The maximum atomic E-state index is 10.9. The van der Waals surface area contributed by atoms with Crippen molar-refractivity contribution in [1.29, 1.82) is 0 Å². The third-order valence-corrected chi connectivity index (χ3v) is 1.28. The smallest absolute Gasteiger partial charge is 0.374 e. The highest BCUT2D eigenvalue weighted by molar-refractivity contribution is 5.85. The third-order valence-electron chi connectivity index (χ3n) is 1.28. The molecule has 64 valence electrons. The minimum atomic E-state index is -0.643. The van der Waals surface area contributed by atoms with Crippen LogP contribution in [0.4, 0.5) is 0 Å². The zero-order valence-electron chi connectivity index (χ0n) is 6.79. The maximum Gasteiger partial charge on any atom is 0.374 e. The van der Waals surface area contributed by atoms with Crippen molar-refractivity contribution in [3.8, 4) is 0 Å². The maximum absolute atomic E-state index is 10.9. The van der Waals surface area contributed by atoms with Crippen LogP contribution in [0.1, 0.15) is 16.3 Å². The Balaban J connectivity index is 3.17. The van der Waals surface area contributed by atoms with Crippen molar-refractivity contribution in [1.82, 2.24) is 0 Å². The number of carbonyl (C=O) groups excluding carboxylic acids is 1. The van der Waals surface area contributed by atoms with Crippen LogP contribution in [0, 0.1) is 6.92 Å². The van der Waals surface area contributed by atoms with Gasteiger partial charge in [-0.2, -0.15) is 0 Å². The molecule has 0 aliphatic rings. The van der Waals surface area contributed by atoms with Gasteiger partial charge in [0.1, 0.15) is 5.76 Å². The molecule has 12 heavy (non-hydrogen) atoms. The molecule has 0 amide bonds. The fourth-order valence-corrected chi connectivity index (χ4v) is 0.805. The number of aryl methyl sites for hydroxylation is 1. The van der Waals surface area contributed by atoms with E-state index in [-0.39, 0.29) is 11.2 Å². The summed E-state index contributed by atoms with van der Waals surface area (Å²) in [5.41, 5.74) is -0.265. The highest BCUT2D eigenvalue weighted by atomic mass is 16.5. The van der Waals surface area contributed by atoms with Gasteiger partial charge >= 0.3 is 5.97 Å². The summed E-state index contributed by atoms with van der Waals surface area (Å²) >= 11 is 0. The van der Waals surface area contributed by atoms with Gasteiger partial charge < -0.3 is 9.15 Å². The van der Waals surface area contributed by atoms with Crippen molar-refractivity contribution in [3.05, 3.63) is 33.9 Å². The minimum absolute atomic E-state index is 0.0671. The first-order valence-electron chi connectivity index (χ1n) is 3.33. The highest BCUT2D eigenvalue weighted by Crippen LogP contribution is 2.00. The number of rotatable bonds is 1. The van der Waals surface area contributed by atoms with Gasteiger partial charge in [0.05, 0.1) is 7.11 Å². The fraction of sp³-hybridized carbons (Fsp3) is 0.250. The first kappa shape index (κ1) is 8.52. The molecule has 1 aromatic rings. The SMILES string of the molecule is COC(=O)c1cc(=O)cc(C)o1. The van der Waals surface area contributed by atoms with Gasteiger partial charge in [0, 0.05) is 12.1 Å². The van der Waals surface area contributed by atoms with E-state index in [1.165, 1.54) is 13.2 Å². The van der Waals surface area contributed by atoms with Gasteiger partial charge in [-0.3, -0.25) is 4.79 Å². The van der Waals surface area contributed by atoms with Crippen molar-refractivity contribution in [2.45, 2.75) is 6.92 Å². The lowest BCUT2D eigenvalue weighted by molar-refractivity contribution is 0.0560. The first-order valence-corrected chi connectivity index (χ1v) is 3.33. The average molecular weight is 168 g/mol. The Hall–Kier alpha value is -1.58. The van der Waals surface area contributed by atoms with Crippen LogP contribution in [-0.2, 0) is 4.74 Å². The van der Waals surface area contributed by atoms with E-state index in [9.17, 15) is 9.59 Å². The lowest BCUT2D eigenvalue weighted by atomic mass is 10.3. The van der Waals surface area contributed by atoms with E-state index in [4.69, 9.17) is 4.42 Å². The minimum Gasteiger partial charge on any atom is -0.463 e. The van der Waals surface area contributed by atoms with Crippen LogP contribution in [0.3, 0.4) is 0 Å². The van der Waals surface area contributed by atoms with Crippen molar-refractivity contribution >= 4 is 5.97 Å². The lowest BCUT2D eigenvalue weighted by Crippen LogP contribution is -2.07. The van der Waals surface area contributed by atoms with Crippen LogP contribution in [0.5, 0.6) is 0 Å². The molecule has 0 aliphatic heterocycles. The Morgan fingerprint density at radius 3 is 2.67 bits per heavy atom. The molecule has 0 unspecified atom stereocenters. The van der Waals surface area contributed by atoms with Crippen molar-refractivity contribution in [2.24, 2.45) is 0 Å². The number of hydrogen-bond donors (Lipinski definition) is 0. The summed E-state index contributed by atoms with van der Waals surface area (Å²) in [7, 11) is 1.23. The molecule has 1 heterocycles. The van der Waals surface area contributed by atoms with Crippen LogP contribution < -0.4 is 5.43 Å². The Morgan fingerprint density at radius 2 is 2.17 bits per heavy atom. The summed E-state index contributed by atoms with van der Waals surface area (Å²) in [6.07, 6.45) is 0. The van der Waals surface area contributed by atoms with Gasteiger partial charge in [-0.25, -0.2) is 4.79 Å². The molecule has 0 aromatic carbocycles. The second kappa shape index (κ2) is 3.21. The molecule has 0 N–H and O–H groups in total. The predicted molar refractivity (Wildman–Crippen MR) is 41.1 cm³/mol. The fourth-order valence-electron chi connectivity index (χ4n) is 0.805. The number of carbonyl (C=O) groups is 1. The number of ether oxygens (including phenoxy) is 1. The van der Waals surface area contributed by atoms with E-state index < -0.39 is 5.97 Å². The predicted octanol–water partition coefficient (Wildman–Crippen LogP) is 0.735. The molecule has 0 spiro atoms. The summed E-state index contributed by atoms with van der Waals surface area (Å²) in [5.74, 6) is -0.318. The van der Waals surface area contributed by atoms with Crippen molar-refractivity contribution in [2.75, 3.05) is 7.11 Å². The molecule has 0 saturated carbocycles. The van der Waals surface area contributed by atoms with E-state index in [0.29, 0.717) is 5.76 Å². The zero-order chi connectivity index (χ0) is 9.14. The summed E-state index contributed by atoms with van der Waals surface area (Å²) in [6, 6.07) is 2.39. The summed E-state index contributed by atoms with van der Waals surface area (Å²) in [6.45, 7) is 1.59. The highest BCUT2D eigenvalue weighted by Gasteiger charge is 2.08. The van der Waals surface area contributed by atoms with E-state index in [0.717, 1.165) is 6.07 Å². The molecule has 1 aromatic heterocycles. The Morgan fingerprint density at radius 1 is 1.50 bits per heavy atom. The molecule has 0 fully saturated rings. The van der Waals surface area contributed by atoms with Crippen LogP contribution in [0.2, 0.25) is 0 Å². The molecular weight excluding hydrogens is 160 g/mol. The molecule has 4 heteroatoms. The first-order chi connectivity index (χ1) is 5.63. The zero-order valence-corrected chi connectivity index (χ0v) is 6.79. The second-order valence-electron chi connectivity index (χ2n) is 2.26. The van der Waals surface area contributed by atoms with Gasteiger partial charge in [0.2, 0.25) is 5.76 Å². The Bertz CT molecular complexity index is 350. The average Bonchev–Trinajstić information content (AvgIpc) is 2.01. The van der Waals surface area contributed by atoms with Crippen molar-refractivity contribution < 1.29 is 13.9 Å². The molecule has 0 aliphatic carbocycles. The van der Waals surface area contributed by atoms with Gasteiger partial charge in [-0.1, -0.05) is 0 Å². The topological polar surface area (TPSA) is 56.5 Å². The van der Waals surface area contributed by atoms with Gasteiger partial charge in [-0.15, -0.1) is 0 Å². The molecule has 4 nitrogen and oxygen atoms in total. The number of esters is 1. The molecule has 0 radical (unpaired) electrons. The van der Waals surface area contributed by atoms with Crippen LogP contribution in [-0.4, -0.2) is 13.1 Å². The Kier molecular flexibility index (Phi) is 2.28. The molecule has 0 bridgehead atoms. The van der Waals surface area contributed by atoms with Crippen LogP contribution in [0.15, 0.2) is 21.3 Å². The van der Waals surface area contributed by atoms with E-state index in [1.54, 1.807) is 6.92 Å². The van der Waals surface area contributed by atoms with Crippen molar-refractivity contribution in [3.63, 3.8) is 0 Å². The van der Waals surface area contributed by atoms with E-state index in [1.807, 2.05) is 0 Å². The monoisotopic (exact) mass is 168 g/mol. The van der Waals surface area contributed by atoms with Gasteiger partial charge in [0.15, 0.2) is 5.43 Å². The van der Waals surface area contributed by atoms with Gasteiger partial charge in [0.25, 0.3) is 0 Å².